The summed E-state index contributed by atoms with van der Waals surface area (Å²) in [7, 11) is 8.34. The highest BCUT2D eigenvalue weighted by molar-refractivity contribution is 6.02. The molecule has 0 N–H and O–H groups in total. The molecule has 3 heteroatoms. The Balaban J connectivity index is 1.79. The van der Waals surface area contributed by atoms with E-state index < -0.39 is 0 Å². The highest BCUT2D eigenvalue weighted by Crippen LogP contribution is 2.29. The molecule has 2 aliphatic rings. The van der Waals surface area contributed by atoms with Crippen LogP contribution in [0.4, 0.5) is 5.69 Å². The number of nitrogens with zero attached hydrogens (tertiary/aromatic N) is 3. The van der Waals surface area contributed by atoms with Gasteiger partial charge in [0, 0.05) is 12.0 Å². The van der Waals surface area contributed by atoms with E-state index in [-0.39, 0.29) is 0 Å². The number of aliphatic imine (C=N–C) groups is 1. The number of fused-ring (bicyclic) bond motifs is 2. The molecule has 23 heavy (non-hydrogen) atoms. The first-order chi connectivity index (χ1) is 11.1. The highest BCUT2D eigenvalue weighted by atomic mass is 15.4. The van der Waals surface area contributed by atoms with Crippen molar-refractivity contribution in [2.45, 2.75) is 6.42 Å². The summed E-state index contributed by atoms with van der Waals surface area (Å²) in [5.74, 6) is 1.10. The van der Waals surface area contributed by atoms with Crippen LogP contribution >= 0.6 is 0 Å². The van der Waals surface area contributed by atoms with Gasteiger partial charge in [0.1, 0.15) is 5.84 Å². The van der Waals surface area contributed by atoms with Gasteiger partial charge < -0.3 is 9.38 Å². The van der Waals surface area contributed by atoms with Crippen LogP contribution in [0.5, 0.6) is 0 Å². The van der Waals surface area contributed by atoms with Crippen LogP contribution in [0.3, 0.4) is 0 Å². The molecule has 2 aliphatic heterocycles. The fourth-order valence-corrected chi connectivity index (χ4v) is 3.42. The molecule has 0 amide bonds. The van der Waals surface area contributed by atoms with Gasteiger partial charge in [0.15, 0.2) is 0 Å². The van der Waals surface area contributed by atoms with Gasteiger partial charge in [-0.15, -0.1) is 0 Å². The van der Waals surface area contributed by atoms with Crippen molar-refractivity contribution in [1.82, 2.24) is 4.90 Å². The number of piperazine rings is 1. The molecular weight excluding hydrogens is 282 g/mol. The quantitative estimate of drug-likeness (QED) is 0.683. The minimum Gasteiger partial charge on any atom is -0.345 e. The summed E-state index contributed by atoms with van der Waals surface area (Å²) in [6.45, 7) is 3.79. The average Bonchev–Trinajstić information content (AvgIpc) is 2.71. The highest BCUT2D eigenvalue weighted by Gasteiger charge is 2.29. The zero-order valence-electron chi connectivity index (χ0n) is 13.6. The second-order valence-electron chi connectivity index (χ2n) is 6.81. The summed E-state index contributed by atoms with van der Waals surface area (Å²) in [5.41, 5.74) is 5.00. The lowest BCUT2D eigenvalue weighted by atomic mass is 9.99. The summed E-state index contributed by atoms with van der Waals surface area (Å²) in [6.07, 6.45) is 0.942. The Morgan fingerprint density at radius 1 is 0.957 bits per heavy atom. The smallest absolute Gasteiger partial charge is 0.206 e. The Morgan fingerprint density at radius 3 is 2.39 bits per heavy atom. The average molecular weight is 304 g/mol. The van der Waals surface area contributed by atoms with E-state index in [4.69, 9.17) is 12.0 Å². The number of hydrogen-bond acceptors (Lipinski definition) is 2. The minimum absolute atomic E-state index is 0.599. The number of rotatable bonds is 0. The van der Waals surface area contributed by atoms with E-state index in [1.165, 1.54) is 16.7 Å². The molecule has 116 valence electrons. The maximum absolute atomic E-state index is 6.24. The van der Waals surface area contributed by atoms with Gasteiger partial charge in [0.25, 0.3) is 0 Å². The Morgan fingerprint density at radius 2 is 1.61 bits per heavy atom. The molecule has 2 aromatic carbocycles. The van der Waals surface area contributed by atoms with Crippen molar-refractivity contribution in [3.8, 4) is 0 Å². The van der Waals surface area contributed by atoms with E-state index in [9.17, 15) is 0 Å². The third-order valence-corrected chi connectivity index (χ3v) is 4.92. The Kier molecular flexibility index (Phi) is 3.46. The number of likely N-dealkylation sites (N-methyl/N-ethyl adjacent to an activating group) is 1. The van der Waals surface area contributed by atoms with E-state index in [0.29, 0.717) is 4.48 Å². The van der Waals surface area contributed by atoms with Crippen molar-refractivity contribution in [2.75, 3.05) is 33.2 Å². The molecule has 0 saturated carbocycles. The molecule has 0 aromatic heterocycles. The zero-order chi connectivity index (χ0) is 15.9. The third kappa shape index (κ3) is 2.77. The first-order valence-electron chi connectivity index (χ1n) is 8.25. The lowest BCUT2D eigenvalue weighted by Gasteiger charge is -2.39. The molecule has 4 rings (SSSR count). The molecule has 0 unspecified atom stereocenters. The molecule has 0 spiro atoms. The maximum atomic E-state index is 6.24. The van der Waals surface area contributed by atoms with E-state index in [1.54, 1.807) is 0 Å². The van der Waals surface area contributed by atoms with Crippen molar-refractivity contribution in [3.63, 3.8) is 0 Å². The first kappa shape index (κ1) is 14.5. The molecule has 0 bridgehead atoms. The number of quaternary nitrogens is 1. The SMILES string of the molecule is [CH][N+]1(C)CCN(C2=Nc3ccccc3Cc3ccccc32)CC1. The van der Waals surface area contributed by atoms with Crippen LogP contribution in [0.25, 0.3) is 0 Å². The molecule has 1 fully saturated rings. The Labute approximate surface area is 138 Å². The van der Waals surface area contributed by atoms with Gasteiger partial charge in [-0.3, -0.25) is 0 Å². The van der Waals surface area contributed by atoms with Gasteiger partial charge in [0.05, 0.1) is 38.9 Å². The molecule has 1 saturated heterocycles. The van der Waals surface area contributed by atoms with Crippen LogP contribution in [0.15, 0.2) is 53.5 Å². The van der Waals surface area contributed by atoms with Crippen LogP contribution in [0.2, 0.25) is 0 Å². The fourth-order valence-electron chi connectivity index (χ4n) is 3.42. The van der Waals surface area contributed by atoms with E-state index in [1.807, 2.05) is 0 Å². The van der Waals surface area contributed by atoms with Crippen molar-refractivity contribution in [1.29, 1.82) is 0 Å². The second kappa shape index (κ2) is 5.50. The Bertz CT molecular complexity index is 751. The summed E-state index contributed by atoms with van der Waals surface area (Å²) in [6, 6.07) is 17.1. The van der Waals surface area contributed by atoms with Crippen LogP contribution in [-0.2, 0) is 6.42 Å². The van der Waals surface area contributed by atoms with Crippen molar-refractivity contribution in [2.24, 2.45) is 4.99 Å². The molecule has 2 aromatic rings. The maximum Gasteiger partial charge on any atom is 0.206 e. The van der Waals surface area contributed by atoms with Crippen molar-refractivity contribution < 1.29 is 4.48 Å². The zero-order valence-corrected chi connectivity index (χ0v) is 13.6. The van der Waals surface area contributed by atoms with Gasteiger partial charge in [-0.05, 0) is 17.2 Å². The predicted molar refractivity (Wildman–Crippen MR) is 93.7 cm³/mol. The molecule has 0 atom stereocenters. The van der Waals surface area contributed by atoms with Gasteiger partial charge >= 0.3 is 0 Å². The van der Waals surface area contributed by atoms with Gasteiger partial charge in [-0.25, -0.2) is 4.99 Å². The second-order valence-corrected chi connectivity index (χ2v) is 6.81. The largest absolute Gasteiger partial charge is 0.345 e. The van der Waals surface area contributed by atoms with Crippen LogP contribution < -0.4 is 0 Å². The Hall–Kier alpha value is -2.13. The normalized spacial score (nSPS) is 19.4. The van der Waals surface area contributed by atoms with Crippen molar-refractivity contribution in [3.05, 3.63) is 72.3 Å². The van der Waals surface area contributed by atoms with E-state index >= 15 is 0 Å². The van der Waals surface area contributed by atoms with Crippen LogP contribution in [-0.4, -0.2) is 48.4 Å². The van der Waals surface area contributed by atoms with E-state index in [0.717, 1.165) is 44.1 Å². The number of amidine groups is 1. The lowest BCUT2D eigenvalue weighted by Crippen LogP contribution is -2.55. The first-order valence-corrected chi connectivity index (χ1v) is 8.25. The summed E-state index contributed by atoms with van der Waals surface area (Å²) in [4.78, 5) is 7.44. The summed E-state index contributed by atoms with van der Waals surface area (Å²) < 4.78 is 0.599. The van der Waals surface area contributed by atoms with Crippen LogP contribution in [0, 0.1) is 7.05 Å². The topological polar surface area (TPSA) is 15.6 Å². The third-order valence-electron chi connectivity index (χ3n) is 4.92. The fraction of sp³-hybridized carbons (Fsp3) is 0.300. The summed E-state index contributed by atoms with van der Waals surface area (Å²) in [5, 5.41) is 0. The molecule has 3 nitrogen and oxygen atoms in total. The van der Waals surface area contributed by atoms with E-state index in [2.05, 4.69) is 60.5 Å². The number of hydrogen-bond donors (Lipinski definition) is 0. The van der Waals surface area contributed by atoms with Gasteiger partial charge in [-0.2, -0.15) is 0 Å². The van der Waals surface area contributed by atoms with Gasteiger partial charge in [-0.1, -0.05) is 42.5 Å². The standard InChI is InChI=1S/C20H22N3/c1-23(2)13-11-22(12-14-23)20-18-9-5-3-7-16(18)15-17-8-4-6-10-19(17)21-20/h1,3-10H,11-15H2,2H3/q+1. The van der Waals surface area contributed by atoms with Crippen LogP contribution in [0.1, 0.15) is 16.7 Å². The molecule has 2 heterocycles. The lowest BCUT2D eigenvalue weighted by molar-refractivity contribution is -0.870. The number of para-hydroxylation sites is 1. The van der Waals surface area contributed by atoms with Gasteiger partial charge in [0.2, 0.25) is 7.05 Å². The summed E-state index contributed by atoms with van der Waals surface area (Å²) >= 11 is 0. The molecule has 2 radical (unpaired) electrons. The number of benzene rings is 2. The molecular formula is C20H22N3+. The van der Waals surface area contributed by atoms with Crippen molar-refractivity contribution >= 4 is 11.5 Å². The molecule has 0 aliphatic carbocycles. The monoisotopic (exact) mass is 304 g/mol. The predicted octanol–water partition coefficient (Wildman–Crippen LogP) is 3.10. The minimum atomic E-state index is 0.599.